The molecule has 0 saturated carbocycles. The molecule has 0 aromatic heterocycles. The fourth-order valence-corrected chi connectivity index (χ4v) is 2.37. The van der Waals surface area contributed by atoms with Crippen LogP contribution in [0.25, 0.3) is 0 Å². The maximum absolute atomic E-state index is 12.4. The van der Waals surface area contributed by atoms with Crippen LogP contribution in [0.2, 0.25) is 5.02 Å². The van der Waals surface area contributed by atoms with Crippen LogP contribution in [0.4, 0.5) is 5.69 Å². The zero-order chi connectivity index (χ0) is 17.7. The van der Waals surface area contributed by atoms with Gasteiger partial charge in [0.1, 0.15) is 6.29 Å². The van der Waals surface area contributed by atoms with Gasteiger partial charge >= 0.3 is 0 Å². The van der Waals surface area contributed by atoms with Crippen molar-refractivity contribution in [3.05, 3.63) is 52.5 Å². The highest BCUT2D eigenvalue weighted by Crippen LogP contribution is 2.37. The number of carbonyl (C=O) groups is 2. The summed E-state index contributed by atoms with van der Waals surface area (Å²) in [6.45, 7) is 3.74. The molecule has 0 aliphatic rings. The van der Waals surface area contributed by atoms with Gasteiger partial charge in [-0.25, -0.2) is 0 Å². The van der Waals surface area contributed by atoms with Crippen molar-refractivity contribution >= 4 is 29.5 Å². The highest BCUT2D eigenvalue weighted by molar-refractivity contribution is 6.32. The molecular weight excluding hydrogens is 330 g/mol. The van der Waals surface area contributed by atoms with Crippen molar-refractivity contribution in [2.75, 3.05) is 12.4 Å². The molecule has 2 rings (SSSR count). The molecule has 1 N–H and O–H groups in total. The summed E-state index contributed by atoms with van der Waals surface area (Å²) in [5.74, 6) is 0.450. The van der Waals surface area contributed by atoms with Crippen LogP contribution in [0.3, 0.4) is 0 Å². The minimum atomic E-state index is -0.341. The summed E-state index contributed by atoms with van der Waals surface area (Å²) in [6, 6.07) is 9.65. The van der Waals surface area contributed by atoms with E-state index in [0.29, 0.717) is 28.3 Å². The molecule has 0 saturated heterocycles. The van der Waals surface area contributed by atoms with Crippen LogP contribution < -0.4 is 14.8 Å². The van der Waals surface area contributed by atoms with E-state index in [1.807, 2.05) is 13.8 Å². The lowest BCUT2D eigenvalue weighted by atomic mass is 10.1. The predicted molar refractivity (Wildman–Crippen MR) is 93.6 cm³/mol. The van der Waals surface area contributed by atoms with Crippen molar-refractivity contribution in [3.8, 4) is 11.5 Å². The van der Waals surface area contributed by atoms with Gasteiger partial charge in [0, 0.05) is 16.8 Å². The molecule has 0 atom stereocenters. The Bertz CT molecular complexity index is 741. The molecule has 0 heterocycles. The molecule has 0 fully saturated rings. The van der Waals surface area contributed by atoms with Gasteiger partial charge in [0.2, 0.25) is 0 Å². The average molecular weight is 348 g/mol. The third-order valence-electron chi connectivity index (χ3n) is 3.14. The van der Waals surface area contributed by atoms with Crippen molar-refractivity contribution in [1.29, 1.82) is 0 Å². The number of carbonyl (C=O) groups excluding carboxylic acids is 2. The average Bonchev–Trinajstić information content (AvgIpc) is 2.54. The van der Waals surface area contributed by atoms with E-state index >= 15 is 0 Å². The Balaban J connectivity index is 2.27. The Kier molecular flexibility index (Phi) is 5.82. The second kappa shape index (κ2) is 7.84. The zero-order valence-corrected chi connectivity index (χ0v) is 14.4. The largest absolute Gasteiger partial charge is 0.491 e. The molecule has 2 aromatic carbocycles. The standard InChI is InChI=1S/C18H18ClNO4/c1-11(2)24-16-9-13(8-15(19)17(16)23-3)18(22)20-14-6-4-12(10-21)5-7-14/h4-11H,1-3H3,(H,20,22). The molecule has 0 bridgehead atoms. The summed E-state index contributed by atoms with van der Waals surface area (Å²) >= 11 is 6.18. The second-order valence-corrected chi connectivity index (χ2v) is 5.76. The van der Waals surface area contributed by atoms with E-state index in [2.05, 4.69) is 5.32 Å². The lowest BCUT2D eigenvalue weighted by Crippen LogP contribution is -2.13. The van der Waals surface area contributed by atoms with Crippen LogP contribution in [-0.4, -0.2) is 25.4 Å². The fourth-order valence-electron chi connectivity index (χ4n) is 2.09. The number of ether oxygens (including phenoxy) is 2. The number of halogens is 1. The fraction of sp³-hybridized carbons (Fsp3) is 0.222. The molecule has 0 spiro atoms. The maximum Gasteiger partial charge on any atom is 0.255 e. The van der Waals surface area contributed by atoms with E-state index in [9.17, 15) is 9.59 Å². The summed E-state index contributed by atoms with van der Waals surface area (Å²) in [4.78, 5) is 23.1. The first-order chi connectivity index (χ1) is 11.4. The van der Waals surface area contributed by atoms with Crippen LogP contribution in [0.5, 0.6) is 11.5 Å². The Labute approximate surface area is 145 Å². The molecule has 0 unspecified atom stereocenters. The van der Waals surface area contributed by atoms with E-state index in [0.717, 1.165) is 6.29 Å². The highest BCUT2D eigenvalue weighted by Gasteiger charge is 2.17. The van der Waals surface area contributed by atoms with Gasteiger partial charge in [0.15, 0.2) is 11.5 Å². The first-order valence-corrected chi connectivity index (χ1v) is 7.73. The van der Waals surface area contributed by atoms with Crippen LogP contribution in [-0.2, 0) is 0 Å². The molecule has 0 radical (unpaired) electrons. The maximum atomic E-state index is 12.4. The van der Waals surface area contributed by atoms with Crippen LogP contribution in [0.15, 0.2) is 36.4 Å². The lowest BCUT2D eigenvalue weighted by Gasteiger charge is -2.16. The summed E-state index contributed by atoms with van der Waals surface area (Å²) < 4.78 is 10.9. The number of anilines is 1. The quantitative estimate of drug-likeness (QED) is 0.795. The third-order valence-corrected chi connectivity index (χ3v) is 3.42. The molecular formula is C18H18ClNO4. The Morgan fingerprint density at radius 1 is 1.21 bits per heavy atom. The Hall–Kier alpha value is -2.53. The van der Waals surface area contributed by atoms with Crippen LogP contribution >= 0.6 is 11.6 Å². The monoisotopic (exact) mass is 347 g/mol. The Morgan fingerprint density at radius 2 is 1.88 bits per heavy atom. The second-order valence-electron chi connectivity index (χ2n) is 5.35. The first-order valence-electron chi connectivity index (χ1n) is 7.35. The molecule has 126 valence electrons. The van der Waals surface area contributed by atoms with Crippen LogP contribution in [0, 0.1) is 0 Å². The van der Waals surface area contributed by atoms with Gasteiger partial charge in [0.05, 0.1) is 18.2 Å². The topological polar surface area (TPSA) is 64.6 Å². The van der Waals surface area contributed by atoms with E-state index in [4.69, 9.17) is 21.1 Å². The number of hydrogen-bond acceptors (Lipinski definition) is 4. The van der Waals surface area contributed by atoms with Gasteiger partial charge in [-0.1, -0.05) is 11.6 Å². The molecule has 2 aromatic rings. The number of nitrogens with one attached hydrogen (secondary N) is 1. The normalized spacial score (nSPS) is 10.4. The number of aldehydes is 1. The van der Waals surface area contributed by atoms with Gasteiger partial charge in [-0.2, -0.15) is 0 Å². The third kappa shape index (κ3) is 4.26. The number of methoxy groups -OCH3 is 1. The summed E-state index contributed by atoms with van der Waals surface area (Å²) in [7, 11) is 1.49. The van der Waals surface area contributed by atoms with E-state index in [1.54, 1.807) is 30.3 Å². The lowest BCUT2D eigenvalue weighted by molar-refractivity contribution is 0.102. The van der Waals surface area contributed by atoms with Crippen molar-refractivity contribution in [3.63, 3.8) is 0 Å². The van der Waals surface area contributed by atoms with E-state index in [1.165, 1.54) is 13.2 Å². The summed E-state index contributed by atoms with van der Waals surface area (Å²) in [5, 5.41) is 3.03. The molecule has 5 nitrogen and oxygen atoms in total. The molecule has 1 amide bonds. The van der Waals surface area contributed by atoms with E-state index in [-0.39, 0.29) is 17.0 Å². The number of amides is 1. The summed E-state index contributed by atoms with van der Waals surface area (Å²) in [6.07, 6.45) is 0.647. The first kappa shape index (κ1) is 17.8. The zero-order valence-electron chi connectivity index (χ0n) is 13.6. The molecule has 24 heavy (non-hydrogen) atoms. The minimum absolute atomic E-state index is 0.0934. The van der Waals surface area contributed by atoms with Crippen molar-refractivity contribution < 1.29 is 19.1 Å². The van der Waals surface area contributed by atoms with E-state index < -0.39 is 0 Å². The van der Waals surface area contributed by atoms with Gasteiger partial charge in [-0.3, -0.25) is 9.59 Å². The minimum Gasteiger partial charge on any atom is -0.491 e. The van der Waals surface area contributed by atoms with Gasteiger partial charge in [-0.05, 0) is 50.2 Å². The highest BCUT2D eigenvalue weighted by atomic mass is 35.5. The van der Waals surface area contributed by atoms with Crippen molar-refractivity contribution in [2.24, 2.45) is 0 Å². The predicted octanol–water partition coefficient (Wildman–Crippen LogP) is 4.20. The molecule has 0 aliphatic carbocycles. The van der Waals surface area contributed by atoms with Gasteiger partial charge < -0.3 is 14.8 Å². The Morgan fingerprint density at radius 3 is 2.42 bits per heavy atom. The van der Waals surface area contributed by atoms with Crippen molar-refractivity contribution in [1.82, 2.24) is 0 Å². The van der Waals surface area contributed by atoms with Gasteiger partial charge in [-0.15, -0.1) is 0 Å². The molecule has 6 heteroatoms. The molecule has 0 aliphatic heterocycles. The van der Waals surface area contributed by atoms with Crippen LogP contribution in [0.1, 0.15) is 34.6 Å². The number of rotatable bonds is 6. The summed E-state index contributed by atoms with van der Waals surface area (Å²) in [5.41, 5.74) is 1.45. The number of hydrogen-bond donors (Lipinski definition) is 1. The van der Waals surface area contributed by atoms with Crippen molar-refractivity contribution in [2.45, 2.75) is 20.0 Å². The smallest absolute Gasteiger partial charge is 0.255 e. The SMILES string of the molecule is COc1c(Cl)cc(C(=O)Nc2ccc(C=O)cc2)cc1OC(C)C. The number of benzene rings is 2. The van der Waals surface area contributed by atoms with Gasteiger partial charge in [0.25, 0.3) is 5.91 Å².